The summed E-state index contributed by atoms with van der Waals surface area (Å²) in [5.74, 6) is -0.676. The SMILES string of the molecule is O=C(Nc1ccc(Cc2ccncc2)cc1)C(Cl)(Cl)Cl. The van der Waals surface area contributed by atoms with E-state index in [-0.39, 0.29) is 0 Å². The molecule has 0 bridgehead atoms. The number of halogens is 3. The highest BCUT2D eigenvalue weighted by Gasteiger charge is 2.30. The lowest BCUT2D eigenvalue weighted by molar-refractivity contribution is -0.115. The van der Waals surface area contributed by atoms with Crippen molar-refractivity contribution in [3.05, 3.63) is 59.9 Å². The third kappa shape index (κ3) is 4.37. The molecule has 1 aromatic heterocycles. The summed E-state index contributed by atoms with van der Waals surface area (Å²) in [4.78, 5) is 15.5. The molecule has 0 spiro atoms. The first-order chi connectivity index (χ1) is 9.45. The molecule has 3 nitrogen and oxygen atoms in total. The van der Waals surface area contributed by atoms with Crippen molar-refractivity contribution >= 4 is 46.4 Å². The smallest absolute Gasteiger partial charge is 0.276 e. The predicted molar refractivity (Wildman–Crippen MR) is 82.4 cm³/mol. The first kappa shape index (κ1) is 15.1. The van der Waals surface area contributed by atoms with Crippen LogP contribution in [0, 0.1) is 0 Å². The minimum absolute atomic E-state index is 0.583. The second-order valence-electron chi connectivity index (χ2n) is 4.18. The van der Waals surface area contributed by atoms with Gasteiger partial charge < -0.3 is 5.32 Å². The zero-order valence-electron chi connectivity index (χ0n) is 10.3. The van der Waals surface area contributed by atoms with Gasteiger partial charge in [-0.25, -0.2) is 0 Å². The molecule has 0 aliphatic heterocycles. The molecule has 0 fully saturated rings. The number of nitrogens with one attached hydrogen (secondary N) is 1. The summed E-state index contributed by atoms with van der Waals surface area (Å²) in [6, 6.07) is 11.3. The predicted octanol–water partition coefficient (Wildman–Crippen LogP) is 3.98. The van der Waals surface area contributed by atoms with Crippen LogP contribution in [0.1, 0.15) is 11.1 Å². The van der Waals surface area contributed by atoms with Gasteiger partial charge in [0.2, 0.25) is 0 Å². The van der Waals surface area contributed by atoms with E-state index < -0.39 is 9.70 Å². The molecule has 104 valence electrons. The molecule has 0 aliphatic rings. The molecule has 0 radical (unpaired) electrons. The monoisotopic (exact) mass is 328 g/mol. The van der Waals surface area contributed by atoms with Crippen molar-refractivity contribution in [2.24, 2.45) is 0 Å². The minimum Gasteiger partial charge on any atom is -0.322 e. The van der Waals surface area contributed by atoms with Crippen LogP contribution < -0.4 is 5.32 Å². The number of nitrogens with zero attached hydrogens (tertiary/aromatic N) is 1. The summed E-state index contributed by atoms with van der Waals surface area (Å²) in [6.45, 7) is 0. The van der Waals surface area contributed by atoms with Crippen LogP contribution in [-0.4, -0.2) is 14.7 Å². The van der Waals surface area contributed by atoms with Gasteiger partial charge >= 0.3 is 0 Å². The summed E-state index contributed by atoms with van der Waals surface area (Å²) >= 11 is 16.5. The number of benzene rings is 1. The zero-order chi connectivity index (χ0) is 14.6. The third-order valence-corrected chi connectivity index (χ3v) is 3.14. The molecule has 0 unspecified atom stereocenters. The van der Waals surface area contributed by atoms with Gasteiger partial charge in [-0.3, -0.25) is 9.78 Å². The first-order valence-electron chi connectivity index (χ1n) is 5.81. The van der Waals surface area contributed by atoms with Gasteiger partial charge in [0.25, 0.3) is 9.70 Å². The van der Waals surface area contributed by atoms with E-state index in [2.05, 4.69) is 10.3 Å². The van der Waals surface area contributed by atoms with E-state index in [4.69, 9.17) is 34.8 Å². The Kier molecular flexibility index (Phi) is 4.86. The zero-order valence-corrected chi connectivity index (χ0v) is 12.6. The largest absolute Gasteiger partial charge is 0.322 e. The van der Waals surface area contributed by atoms with Crippen LogP contribution in [0.2, 0.25) is 0 Å². The molecule has 1 heterocycles. The number of amides is 1. The van der Waals surface area contributed by atoms with Gasteiger partial charge in [-0.2, -0.15) is 0 Å². The summed E-state index contributed by atoms with van der Waals surface area (Å²) in [6.07, 6.45) is 4.30. The lowest BCUT2D eigenvalue weighted by Crippen LogP contribution is -2.26. The Morgan fingerprint density at radius 2 is 1.55 bits per heavy atom. The number of rotatable bonds is 3. The molecule has 0 aliphatic carbocycles. The van der Waals surface area contributed by atoms with E-state index in [1.807, 2.05) is 24.3 Å². The first-order valence-corrected chi connectivity index (χ1v) is 6.94. The second-order valence-corrected chi connectivity index (χ2v) is 6.46. The Bertz CT molecular complexity index is 580. The normalized spacial score (nSPS) is 11.2. The van der Waals surface area contributed by atoms with Crippen molar-refractivity contribution in [1.29, 1.82) is 0 Å². The van der Waals surface area contributed by atoms with Gasteiger partial charge in [0, 0.05) is 18.1 Å². The number of alkyl halides is 3. The molecule has 2 rings (SSSR count). The molecule has 0 saturated carbocycles. The van der Waals surface area contributed by atoms with Crippen molar-refractivity contribution < 1.29 is 4.79 Å². The van der Waals surface area contributed by atoms with E-state index in [9.17, 15) is 4.79 Å². The number of pyridine rings is 1. The number of hydrogen-bond donors (Lipinski definition) is 1. The molecular formula is C14H11Cl3N2O. The number of hydrogen-bond acceptors (Lipinski definition) is 2. The fourth-order valence-corrected chi connectivity index (χ4v) is 1.79. The Morgan fingerprint density at radius 1 is 1.00 bits per heavy atom. The van der Waals surface area contributed by atoms with Gasteiger partial charge in [-0.1, -0.05) is 46.9 Å². The molecule has 6 heteroatoms. The molecule has 1 amide bonds. The highest BCUT2D eigenvalue weighted by Crippen LogP contribution is 2.27. The quantitative estimate of drug-likeness (QED) is 0.865. The van der Waals surface area contributed by atoms with Crippen LogP contribution >= 0.6 is 34.8 Å². The van der Waals surface area contributed by atoms with Crippen LogP contribution in [0.4, 0.5) is 5.69 Å². The van der Waals surface area contributed by atoms with E-state index >= 15 is 0 Å². The van der Waals surface area contributed by atoms with Crippen molar-refractivity contribution in [2.45, 2.75) is 10.2 Å². The number of carbonyl (C=O) groups excluding carboxylic acids is 1. The molecule has 2 aromatic rings. The van der Waals surface area contributed by atoms with E-state index in [0.29, 0.717) is 5.69 Å². The minimum atomic E-state index is -1.96. The van der Waals surface area contributed by atoms with Gasteiger partial charge in [-0.05, 0) is 41.8 Å². The van der Waals surface area contributed by atoms with Crippen molar-refractivity contribution in [3.63, 3.8) is 0 Å². The van der Waals surface area contributed by atoms with Gasteiger partial charge in [0.1, 0.15) is 0 Å². The lowest BCUT2D eigenvalue weighted by atomic mass is 10.1. The van der Waals surface area contributed by atoms with Crippen molar-refractivity contribution in [1.82, 2.24) is 4.98 Å². The summed E-state index contributed by atoms with van der Waals surface area (Å²) in [5.41, 5.74) is 2.86. The van der Waals surface area contributed by atoms with Crippen molar-refractivity contribution in [3.8, 4) is 0 Å². The fourth-order valence-electron chi connectivity index (χ4n) is 1.64. The number of aromatic nitrogens is 1. The molecular weight excluding hydrogens is 319 g/mol. The highest BCUT2D eigenvalue weighted by molar-refractivity contribution is 6.76. The summed E-state index contributed by atoms with van der Waals surface area (Å²) < 4.78 is -1.96. The van der Waals surface area contributed by atoms with Crippen LogP contribution in [0.15, 0.2) is 48.8 Å². The Morgan fingerprint density at radius 3 is 2.10 bits per heavy atom. The van der Waals surface area contributed by atoms with Gasteiger partial charge in [0.15, 0.2) is 0 Å². The Balaban J connectivity index is 2.02. The van der Waals surface area contributed by atoms with Crippen LogP contribution in [0.3, 0.4) is 0 Å². The number of carbonyl (C=O) groups is 1. The van der Waals surface area contributed by atoms with Gasteiger partial charge in [0.05, 0.1) is 0 Å². The van der Waals surface area contributed by atoms with E-state index in [1.54, 1.807) is 24.5 Å². The standard InChI is InChI=1S/C14H11Cl3N2O/c15-14(16,17)13(20)19-12-3-1-10(2-4-12)9-11-5-7-18-8-6-11/h1-8H,9H2,(H,19,20). The second kappa shape index (κ2) is 6.44. The molecule has 1 aromatic carbocycles. The van der Waals surface area contributed by atoms with Crippen molar-refractivity contribution in [2.75, 3.05) is 5.32 Å². The van der Waals surface area contributed by atoms with Crippen LogP contribution in [0.5, 0.6) is 0 Å². The average Bonchev–Trinajstić information content (AvgIpc) is 2.41. The average molecular weight is 330 g/mol. The molecule has 0 saturated heterocycles. The molecule has 1 N–H and O–H groups in total. The van der Waals surface area contributed by atoms with Gasteiger partial charge in [-0.15, -0.1) is 0 Å². The number of anilines is 1. The highest BCUT2D eigenvalue weighted by atomic mass is 35.6. The van der Waals surface area contributed by atoms with Crippen LogP contribution in [-0.2, 0) is 11.2 Å². The third-order valence-electron chi connectivity index (χ3n) is 2.63. The Hall–Kier alpha value is -1.29. The molecule has 0 atom stereocenters. The van der Waals surface area contributed by atoms with E-state index in [1.165, 1.54) is 0 Å². The summed E-state index contributed by atoms with van der Waals surface area (Å²) in [5, 5.41) is 2.53. The topological polar surface area (TPSA) is 42.0 Å². The Labute approximate surface area is 131 Å². The summed E-state index contributed by atoms with van der Waals surface area (Å²) in [7, 11) is 0. The van der Waals surface area contributed by atoms with Crippen LogP contribution in [0.25, 0.3) is 0 Å². The molecule has 20 heavy (non-hydrogen) atoms. The fraction of sp³-hybridized carbons (Fsp3) is 0.143. The lowest BCUT2D eigenvalue weighted by Gasteiger charge is -2.11. The van der Waals surface area contributed by atoms with E-state index in [0.717, 1.165) is 17.5 Å². The maximum absolute atomic E-state index is 11.5. The maximum Gasteiger partial charge on any atom is 0.276 e. The maximum atomic E-state index is 11.5.